The van der Waals surface area contributed by atoms with E-state index in [-0.39, 0.29) is 0 Å². The number of rotatable bonds is 5. The van der Waals surface area contributed by atoms with Crippen molar-refractivity contribution in [1.82, 2.24) is 4.90 Å². The number of hydrogen-bond acceptors (Lipinski definition) is 2. The van der Waals surface area contributed by atoms with Crippen LogP contribution in [0.15, 0.2) is 0 Å². The molecule has 0 aliphatic carbocycles. The van der Waals surface area contributed by atoms with E-state index in [0.717, 1.165) is 13.0 Å². The molecule has 0 rings (SSSR count). The molecule has 2 heteroatoms. The summed E-state index contributed by atoms with van der Waals surface area (Å²) >= 11 is 0. The van der Waals surface area contributed by atoms with Gasteiger partial charge in [-0.1, -0.05) is 19.8 Å². The van der Waals surface area contributed by atoms with Crippen molar-refractivity contribution < 1.29 is 0 Å². The molecule has 0 aromatic rings. The zero-order valence-electron chi connectivity index (χ0n) is 7.51. The van der Waals surface area contributed by atoms with Crippen molar-refractivity contribution in [2.45, 2.75) is 26.3 Å². The topological polar surface area (TPSA) is 29.3 Å². The van der Waals surface area contributed by atoms with Crippen LogP contribution in [0.1, 0.15) is 20.3 Å². The Kier molecular flexibility index (Phi) is 5.91. The van der Waals surface area contributed by atoms with Gasteiger partial charge in [0, 0.05) is 12.6 Å². The van der Waals surface area contributed by atoms with Crippen LogP contribution in [0.2, 0.25) is 0 Å². The summed E-state index contributed by atoms with van der Waals surface area (Å²) in [5.41, 5.74) is 5.58. The first-order valence-electron chi connectivity index (χ1n) is 4.17. The van der Waals surface area contributed by atoms with Gasteiger partial charge in [0.25, 0.3) is 0 Å². The highest BCUT2D eigenvalue weighted by Crippen LogP contribution is 2.00. The molecule has 0 amide bonds. The highest BCUT2D eigenvalue weighted by atomic mass is 15.1. The highest BCUT2D eigenvalue weighted by Gasteiger charge is 2.10. The lowest BCUT2D eigenvalue weighted by atomic mass is 10.2. The Labute approximate surface area is 69.8 Å². The third kappa shape index (κ3) is 3.41. The molecule has 0 aromatic carbocycles. The van der Waals surface area contributed by atoms with Gasteiger partial charge in [-0.3, -0.25) is 4.90 Å². The standard InChI is InChI=1S/C9H18N2/c1-4-7-11(6-3)9(5-2)8-10/h1,9H,5-8,10H2,2-3H3. The van der Waals surface area contributed by atoms with E-state index in [1.807, 2.05) is 0 Å². The van der Waals surface area contributed by atoms with Crippen LogP contribution in [-0.4, -0.2) is 30.6 Å². The lowest BCUT2D eigenvalue weighted by Crippen LogP contribution is -2.40. The number of likely N-dealkylation sites (N-methyl/N-ethyl adjacent to an activating group) is 1. The Hall–Kier alpha value is -0.520. The number of terminal acetylenes is 1. The molecule has 11 heavy (non-hydrogen) atoms. The summed E-state index contributed by atoms with van der Waals surface area (Å²) in [5.74, 6) is 2.64. The molecule has 1 atom stereocenters. The van der Waals surface area contributed by atoms with E-state index in [1.165, 1.54) is 0 Å². The zero-order chi connectivity index (χ0) is 8.69. The average Bonchev–Trinajstić information content (AvgIpc) is 2.05. The molecule has 0 aliphatic rings. The van der Waals surface area contributed by atoms with Crippen molar-refractivity contribution in [2.24, 2.45) is 5.73 Å². The Morgan fingerprint density at radius 2 is 2.18 bits per heavy atom. The van der Waals surface area contributed by atoms with Crippen LogP contribution in [0.5, 0.6) is 0 Å². The molecule has 2 nitrogen and oxygen atoms in total. The first kappa shape index (κ1) is 10.5. The lowest BCUT2D eigenvalue weighted by molar-refractivity contribution is 0.231. The Bertz CT molecular complexity index is 122. The second-order valence-corrected chi connectivity index (χ2v) is 2.56. The molecule has 0 bridgehead atoms. The molecular weight excluding hydrogens is 136 g/mol. The average molecular weight is 154 g/mol. The zero-order valence-corrected chi connectivity index (χ0v) is 7.51. The van der Waals surface area contributed by atoms with E-state index in [4.69, 9.17) is 12.2 Å². The summed E-state index contributed by atoms with van der Waals surface area (Å²) in [5, 5.41) is 0. The lowest BCUT2D eigenvalue weighted by Gasteiger charge is -2.26. The van der Waals surface area contributed by atoms with Gasteiger partial charge in [0.05, 0.1) is 6.54 Å². The van der Waals surface area contributed by atoms with Gasteiger partial charge < -0.3 is 5.73 Å². The minimum atomic E-state index is 0.455. The predicted octanol–water partition coefficient (Wildman–Crippen LogP) is 0.679. The second kappa shape index (κ2) is 6.21. The van der Waals surface area contributed by atoms with Gasteiger partial charge in [-0.05, 0) is 13.0 Å². The summed E-state index contributed by atoms with van der Waals surface area (Å²) < 4.78 is 0. The molecule has 0 spiro atoms. The first-order valence-corrected chi connectivity index (χ1v) is 4.17. The molecule has 0 aromatic heterocycles. The van der Waals surface area contributed by atoms with Crippen molar-refractivity contribution in [1.29, 1.82) is 0 Å². The molecule has 64 valence electrons. The molecule has 0 saturated carbocycles. The van der Waals surface area contributed by atoms with Crippen LogP contribution in [0, 0.1) is 12.3 Å². The van der Waals surface area contributed by atoms with E-state index >= 15 is 0 Å². The number of nitrogens with two attached hydrogens (primary N) is 1. The summed E-state index contributed by atoms with van der Waals surface area (Å²) in [6, 6.07) is 0.455. The van der Waals surface area contributed by atoms with E-state index in [9.17, 15) is 0 Å². The Balaban J connectivity index is 3.89. The number of hydrogen-bond donors (Lipinski definition) is 1. The van der Waals surface area contributed by atoms with E-state index in [2.05, 4.69) is 24.7 Å². The fraction of sp³-hybridized carbons (Fsp3) is 0.778. The summed E-state index contributed by atoms with van der Waals surface area (Å²) in [6.07, 6.45) is 6.30. The minimum Gasteiger partial charge on any atom is -0.329 e. The van der Waals surface area contributed by atoms with Gasteiger partial charge in [0.1, 0.15) is 0 Å². The van der Waals surface area contributed by atoms with Crippen molar-refractivity contribution in [3.63, 3.8) is 0 Å². The smallest absolute Gasteiger partial charge is 0.0601 e. The maximum atomic E-state index is 5.58. The Morgan fingerprint density at radius 3 is 2.45 bits per heavy atom. The molecular formula is C9H18N2. The molecule has 0 heterocycles. The van der Waals surface area contributed by atoms with E-state index in [1.54, 1.807) is 0 Å². The maximum Gasteiger partial charge on any atom is 0.0601 e. The second-order valence-electron chi connectivity index (χ2n) is 2.56. The molecule has 0 saturated heterocycles. The quantitative estimate of drug-likeness (QED) is 0.590. The van der Waals surface area contributed by atoms with Gasteiger partial charge in [-0.2, -0.15) is 0 Å². The van der Waals surface area contributed by atoms with E-state index in [0.29, 0.717) is 19.1 Å². The third-order valence-electron chi connectivity index (χ3n) is 1.96. The van der Waals surface area contributed by atoms with E-state index < -0.39 is 0 Å². The van der Waals surface area contributed by atoms with Crippen molar-refractivity contribution in [2.75, 3.05) is 19.6 Å². The summed E-state index contributed by atoms with van der Waals surface area (Å²) in [6.45, 7) is 6.64. The van der Waals surface area contributed by atoms with Crippen molar-refractivity contribution in [3.8, 4) is 12.3 Å². The molecule has 0 aliphatic heterocycles. The van der Waals surface area contributed by atoms with Crippen LogP contribution in [0.4, 0.5) is 0 Å². The van der Waals surface area contributed by atoms with Gasteiger partial charge in [-0.15, -0.1) is 6.42 Å². The van der Waals surface area contributed by atoms with Gasteiger partial charge >= 0.3 is 0 Å². The van der Waals surface area contributed by atoms with Crippen LogP contribution in [0.3, 0.4) is 0 Å². The van der Waals surface area contributed by atoms with Gasteiger partial charge in [0.2, 0.25) is 0 Å². The van der Waals surface area contributed by atoms with Gasteiger partial charge in [0.15, 0.2) is 0 Å². The molecule has 0 fully saturated rings. The first-order chi connectivity index (χ1) is 5.29. The highest BCUT2D eigenvalue weighted by molar-refractivity contribution is 4.90. The monoisotopic (exact) mass is 154 g/mol. The summed E-state index contributed by atoms with van der Waals surface area (Å²) in [4.78, 5) is 2.22. The van der Waals surface area contributed by atoms with Crippen LogP contribution in [0.25, 0.3) is 0 Å². The molecule has 0 radical (unpaired) electrons. The normalized spacial score (nSPS) is 13.0. The van der Waals surface area contributed by atoms with Crippen LogP contribution < -0.4 is 5.73 Å². The fourth-order valence-corrected chi connectivity index (χ4v) is 1.19. The largest absolute Gasteiger partial charge is 0.329 e. The third-order valence-corrected chi connectivity index (χ3v) is 1.96. The van der Waals surface area contributed by atoms with Crippen LogP contribution >= 0.6 is 0 Å². The predicted molar refractivity (Wildman–Crippen MR) is 49.2 cm³/mol. The fourth-order valence-electron chi connectivity index (χ4n) is 1.19. The molecule has 2 N–H and O–H groups in total. The van der Waals surface area contributed by atoms with Crippen molar-refractivity contribution >= 4 is 0 Å². The number of nitrogens with zero attached hydrogens (tertiary/aromatic N) is 1. The van der Waals surface area contributed by atoms with Crippen LogP contribution in [-0.2, 0) is 0 Å². The molecule has 1 unspecified atom stereocenters. The minimum absolute atomic E-state index is 0.455. The summed E-state index contributed by atoms with van der Waals surface area (Å²) in [7, 11) is 0. The van der Waals surface area contributed by atoms with Crippen molar-refractivity contribution in [3.05, 3.63) is 0 Å². The SMILES string of the molecule is C#CCN(CC)C(CC)CN. The Morgan fingerprint density at radius 1 is 1.55 bits per heavy atom. The van der Waals surface area contributed by atoms with Gasteiger partial charge in [-0.25, -0.2) is 0 Å². The maximum absolute atomic E-state index is 5.58.